The highest BCUT2D eigenvalue weighted by atomic mass is 79.9. The second-order valence-corrected chi connectivity index (χ2v) is 7.78. The SMILES string of the molecule is CC(C)C(C(=O)NCC(=O)Nc1ccc(Br)cc1)n1cnc2cc(F)c(F)cc21. The Balaban J connectivity index is 1.72. The largest absolute Gasteiger partial charge is 0.345 e. The molecular formula is C20H19BrF2N4O2. The van der Waals surface area contributed by atoms with E-state index in [1.54, 1.807) is 24.3 Å². The van der Waals surface area contributed by atoms with Gasteiger partial charge in [-0.25, -0.2) is 13.8 Å². The number of anilines is 1. The molecular weight excluding hydrogens is 446 g/mol. The van der Waals surface area contributed by atoms with Crippen molar-refractivity contribution in [1.82, 2.24) is 14.9 Å². The number of nitrogens with one attached hydrogen (secondary N) is 2. The van der Waals surface area contributed by atoms with Gasteiger partial charge in [0, 0.05) is 22.3 Å². The Hall–Kier alpha value is -2.81. The molecule has 0 spiro atoms. The zero-order chi connectivity index (χ0) is 21.1. The highest BCUT2D eigenvalue weighted by molar-refractivity contribution is 9.10. The van der Waals surface area contributed by atoms with E-state index in [0.29, 0.717) is 11.2 Å². The third-order valence-electron chi connectivity index (χ3n) is 4.37. The lowest BCUT2D eigenvalue weighted by Gasteiger charge is -2.22. The molecule has 2 aromatic carbocycles. The van der Waals surface area contributed by atoms with Crippen LogP contribution in [-0.4, -0.2) is 27.9 Å². The summed E-state index contributed by atoms with van der Waals surface area (Å²) >= 11 is 3.31. The molecule has 1 atom stereocenters. The predicted octanol–water partition coefficient (Wildman–Crippen LogP) is 4.03. The van der Waals surface area contributed by atoms with Gasteiger partial charge in [-0.3, -0.25) is 9.59 Å². The summed E-state index contributed by atoms with van der Waals surface area (Å²) in [6, 6.07) is 8.29. The lowest BCUT2D eigenvalue weighted by molar-refractivity contribution is -0.127. The standard InChI is InChI=1S/C20H19BrF2N4O2/c1-11(2)19(27-10-25-16-7-14(22)15(23)8-17(16)27)20(29)24-9-18(28)26-13-5-3-12(21)4-6-13/h3-8,10-11,19H,9H2,1-2H3,(H,24,29)(H,26,28). The van der Waals surface area contributed by atoms with Crippen LogP contribution in [0.4, 0.5) is 14.5 Å². The molecule has 0 radical (unpaired) electrons. The van der Waals surface area contributed by atoms with Crippen molar-refractivity contribution >= 4 is 44.5 Å². The third-order valence-corrected chi connectivity index (χ3v) is 4.90. The summed E-state index contributed by atoms with van der Waals surface area (Å²) in [6.07, 6.45) is 1.37. The lowest BCUT2D eigenvalue weighted by Crippen LogP contribution is -2.39. The molecule has 0 saturated carbocycles. The van der Waals surface area contributed by atoms with Crippen molar-refractivity contribution in [2.24, 2.45) is 5.92 Å². The fourth-order valence-electron chi connectivity index (χ4n) is 3.00. The maximum atomic E-state index is 13.7. The van der Waals surface area contributed by atoms with Gasteiger partial charge in [-0.1, -0.05) is 29.8 Å². The molecule has 6 nitrogen and oxygen atoms in total. The van der Waals surface area contributed by atoms with Gasteiger partial charge in [-0.15, -0.1) is 0 Å². The summed E-state index contributed by atoms with van der Waals surface area (Å²) in [7, 11) is 0. The van der Waals surface area contributed by atoms with E-state index in [1.165, 1.54) is 10.9 Å². The van der Waals surface area contributed by atoms with Crippen molar-refractivity contribution in [3.8, 4) is 0 Å². The van der Waals surface area contributed by atoms with Crippen LogP contribution in [-0.2, 0) is 9.59 Å². The quantitative estimate of drug-likeness (QED) is 0.578. The summed E-state index contributed by atoms with van der Waals surface area (Å²) in [5, 5.41) is 5.28. The van der Waals surface area contributed by atoms with E-state index in [9.17, 15) is 18.4 Å². The number of halogens is 3. The Bertz CT molecular complexity index is 1050. The topological polar surface area (TPSA) is 76.0 Å². The van der Waals surface area contributed by atoms with Gasteiger partial charge in [0.2, 0.25) is 11.8 Å². The average molecular weight is 465 g/mol. The summed E-state index contributed by atoms with van der Waals surface area (Å²) in [5.74, 6) is -3.01. The van der Waals surface area contributed by atoms with Crippen LogP contribution in [0, 0.1) is 17.6 Å². The van der Waals surface area contributed by atoms with Crippen LogP contribution in [0.25, 0.3) is 11.0 Å². The van der Waals surface area contributed by atoms with Crippen molar-refractivity contribution in [2.45, 2.75) is 19.9 Å². The Morgan fingerprint density at radius 3 is 2.45 bits per heavy atom. The second-order valence-electron chi connectivity index (χ2n) is 6.87. The molecule has 0 saturated heterocycles. The van der Waals surface area contributed by atoms with Crippen LogP contribution in [0.3, 0.4) is 0 Å². The molecule has 3 rings (SSSR count). The monoisotopic (exact) mass is 464 g/mol. The van der Waals surface area contributed by atoms with Crippen LogP contribution in [0.5, 0.6) is 0 Å². The number of imidazole rings is 1. The second kappa shape index (κ2) is 8.69. The minimum atomic E-state index is -1.02. The van der Waals surface area contributed by atoms with E-state index in [-0.39, 0.29) is 23.9 Å². The molecule has 0 aliphatic heterocycles. The molecule has 2 amide bonds. The molecule has 1 unspecified atom stereocenters. The van der Waals surface area contributed by atoms with Gasteiger partial charge >= 0.3 is 0 Å². The van der Waals surface area contributed by atoms with Crippen LogP contribution in [0.15, 0.2) is 47.2 Å². The first kappa shape index (κ1) is 20.9. The Kier molecular flexibility index (Phi) is 6.26. The van der Waals surface area contributed by atoms with Crippen LogP contribution >= 0.6 is 15.9 Å². The molecule has 29 heavy (non-hydrogen) atoms. The Morgan fingerprint density at radius 1 is 1.14 bits per heavy atom. The molecule has 0 aliphatic carbocycles. The van der Waals surface area contributed by atoms with Crippen molar-refractivity contribution in [3.05, 3.63) is 58.8 Å². The highest BCUT2D eigenvalue weighted by Crippen LogP contribution is 2.25. The smallest absolute Gasteiger partial charge is 0.243 e. The third kappa shape index (κ3) is 4.79. The number of nitrogens with zero attached hydrogens (tertiary/aromatic N) is 2. The minimum absolute atomic E-state index is 0.185. The number of carbonyl (C=O) groups excluding carboxylic acids is 2. The maximum Gasteiger partial charge on any atom is 0.243 e. The van der Waals surface area contributed by atoms with Crippen molar-refractivity contribution < 1.29 is 18.4 Å². The summed E-state index contributed by atoms with van der Waals surface area (Å²) in [5.41, 5.74) is 1.15. The zero-order valence-corrected chi connectivity index (χ0v) is 17.3. The highest BCUT2D eigenvalue weighted by Gasteiger charge is 2.26. The van der Waals surface area contributed by atoms with E-state index in [2.05, 4.69) is 31.5 Å². The first-order valence-electron chi connectivity index (χ1n) is 8.91. The molecule has 9 heteroatoms. The molecule has 1 heterocycles. The number of hydrogen-bond donors (Lipinski definition) is 2. The zero-order valence-electron chi connectivity index (χ0n) is 15.7. The number of hydrogen-bond acceptors (Lipinski definition) is 3. The summed E-state index contributed by atoms with van der Waals surface area (Å²) in [4.78, 5) is 29.0. The van der Waals surface area contributed by atoms with E-state index >= 15 is 0 Å². The number of rotatable bonds is 6. The lowest BCUT2D eigenvalue weighted by atomic mass is 10.0. The molecule has 152 valence electrons. The summed E-state index contributed by atoms with van der Waals surface area (Å²) < 4.78 is 29.5. The van der Waals surface area contributed by atoms with Gasteiger partial charge < -0.3 is 15.2 Å². The number of amides is 2. The molecule has 1 aromatic heterocycles. The Morgan fingerprint density at radius 2 is 1.79 bits per heavy atom. The summed E-state index contributed by atoms with van der Waals surface area (Å²) in [6.45, 7) is 3.41. The van der Waals surface area contributed by atoms with Gasteiger partial charge in [0.25, 0.3) is 0 Å². The minimum Gasteiger partial charge on any atom is -0.345 e. The van der Waals surface area contributed by atoms with E-state index in [1.807, 2.05) is 13.8 Å². The van der Waals surface area contributed by atoms with E-state index < -0.39 is 23.6 Å². The molecule has 0 fully saturated rings. The fraction of sp³-hybridized carbons (Fsp3) is 0.250. The van der Waals surface area contributed by atoms with Gasteiger partial charge in [0.05, 0.1) is 23.9 Å². The van der Waals surface area contributed by atoms with E-state index in [0.717, 1.165) is 16.6 Å². The van der Waals surface area contributed by atoms with Crippen molar-refractivity contribution in [3.63, 3.8) is 0 Å². The first-order valence-corrected chi connectivity index (χ1v) is 9.70. The molecule has 0 aliphatic rings. The van der Waals surface area contributed by atoms with Crippen LogP contribution in [0.2, 0.25) is 0 Å². The number of fused-ring (bicyclic) bond motifs is 1. The van der Waals surface area contributed by atoms with Crippen LogP contribution in [0.1, 0.15) is 19.9 Å². The van der Waals surface area contributed by atoms with Crippen LogP contribution < -0.4 is 10.6 Å². The van der Waals surface area contributed by atoms with Crippen molar-refractivity contribution in [2.75, 3.05) is 11.9 Å². The van der Waals surface area contributed by atoms with Gasteiger partial charge in [-0.05, 0) is 30.2 Å². The number of benzene rings is 2. The first-order chi connectivity index (χ1) is 13.8. The molecule has 3 aromatic rings. The van der Waals surface area contributed by atoms with Gasteiger partial charge in [0.15, 0.2) is 11.6 Å². The predicted molar refractivity (Wildman–Crippen MR) is 109 cm³/mol. The Labute approximate surface area is 174 Å². The number of aromatic nitrogens is 2. The van der Waals surface area contributed by atoms with Crippen molar-refractivity contribution in [1.29, 1.82) is 0 Å². The normalized spacial score (nSPS) is 12.2. The fourth-order valence-corrected chi connectivity index (χ4v) is 3.27. The van der Waals surface area contributed by atoms with E-state index in [4.69, 9.17) is 0 Å². The molecule has 0 bridgehead atoms. The maximum absolute atomic E-state index is 13.7. The van der Waals surface area contributed by atoms with Gasteiger partial charge in [-0.2, -0.15) is 0 Å². The van der Waals surface area contributed by atoms with Gasteiger partial charge in [0.1, 0.15) is 6.04 Å². The average Bonchev–Trinajstić information content (AvgIpc) is 3.04. The number of carbonyl (C=O) groups is 2. The molecule has 2 N–H and O–H groups in total.